The molecule has 0 radical (unpaired) electrons. The molecule has 2 unspecified atom stereocenters. The van der Waals surface area contributed by atoms with E-state index in [2.05, 4.69) is 84.9 Å². The van der Waals surface area contributed by atoms with Gasteiger partial charge in [-0.25, -0.2) is 0 Å². The van der Waals surface area contributed by atoms with Gasteiger partial charge in [0.25, 0.3) is 0 Å². The third kappa shape index (κ3) is 3.00. The van der Waals surface area contributed by atoms with Crippen LogP contribution in [0, 0.1) is 0 Å². The maximum Gasteiger partial charge on any atom is 0.124 e. The molecule has 0 aromatic heterocycles. The zero-order valence-electron chi connectivity index (χ0n) is 13.1. The number of para-hydroxylation sites is 1. The van der Waals surface area contributed by atoms with Gasteiger partial charge >= 0.3 is 0 Å². The fraction of sp³-hybridized carbons (Fsp3) is 0.182. The van der Waals surface area contributed by atoms with E-state index in [4.69, 9.17) is 4.74 Å². The summed E-state index contributed by atoms with van der Waals surface area (Å²) in [4.78, 5) is 0. The molecule has 2 atom stereocenters. The summed E-state index contributed by atoms with van der Waals surface area (Å²) in [5.74, 6) is 1.53. The van der Waals surface area contributed by atoms with E-state index in [1.165, 1.54) is 16.7 Å². The van der Waals surface area contributed by atoms with E-state index in [0.29, 0.717) is 5.92 Å². The number of benzene rings is 3. The minimum Gasteiger partial charge on any atom is -0.485 e. The molecule has 1 nitrogen and oxygen atoms in total. The molecule has 0 N–H and O–H groups in total. The average Bonchev–Trinajstić information content (AvgIpc) is 2.63. The predicted molar refractivity (Wildman–Crippen MR) is 93.8 cm³/mol. The number of rotatable bonds is 3. The summed E-state index contributed by atoms with van der Waals surface area (Å²) in [6.45, 7) is 0. The second kappa shape index (κ2) is 6.29. The number of hydrogen-bond donors (Lipinski definition) is 0. The van der Waals surface area contributed by atoms with Crippen LogP contribution in [0.3, 0.4) is 0 Å². The van der Waals surface area contributed by atoms with E-state index >= 15 is 0 Å². The third-order valence-corrected chi connectivity index (χ3v) is 4.62. The molecule has 0 amide bonds. The zero-order valence-corrected chi connectivity index (χ0v) is 13.1. The molecule has 0 saturated heterocycles. The molecule has 3 aromatic carbocycles. The SMILES string of the molecule is c1ccc(CC2CC(c3ccccc3)Oc3ccccc32)cc1. The molecule has 4 rings (SSSR count). The Morgan fingerprint density at radius 2 is 1.39 bits per heavy atom. The molecule has 1 heterocycles. The maximum atomic E-state index is 6.29. The van der Waals surface area contributed by atoms with Crippen LogP contribution >= 0.6 is 0 Å². The molecule has 0 aliphatic carbocycles. The van der Waals surface area contributed by atoms with Crippen molar-refractivity contribution >= 4 is 0 Å². The zero-order chi connectivity index (χ0) is 15.5. The Morgan fingerprint density at radius 3 is 2.17 bits per heavy atom. The van der Waals surface area contributed by atoms with Crippen LogP contribution < -0.4 is 4.74 Å². The van der Waals surface area contributed by atoms with E-state index in [1.54, 1.807) is 0 Å². The molecular formula is C22H20O. The summed E-state index contributed by atoms with van der Waals surface area (Å²) in [7, 11) is 0. The number of fused-ring (bicyclic) bond motifs is 1. The summed E-state index contributed by atoms with van der Waals surface area (Å²) in [6.07, 6.45) is 2.22. The van der Waals surface area contributed by atoms with Crippen LogP contribution in [0.4, 0.5) is 0 Å². The van der Waals surface area contributed by atoms with E-state index in [0.717, 1.165) is 18.6 Å². The largest absolute Gasteiger partial charge is 0.485 e. The van der Waals surface area contributed by atoms with Crippen molar-refractivity contribution in [3.8, 4) is 5.75 Å². The standard InChI is InChI=1S/C22H20O/c1-3-9-17(10-4-1)15-19-16-22(18-11-5-2-6-12-18)23-21-14-8-7-13-20(19)21/h1-14,19,22H,15-16H2. The lowest BCUT2D eigenvalue weighted by molar-refractivity contribution is 0.160. The van der Waals surface area contributed by atoms with Gasteiger partial charge in [-0.1, -0.05) is 78.9 Å². The van der Waals surface area contributed by atoms with Gasteiger partial charge in [-0.3, -0.25) is 0 Å². The molecule has 23 heavy (non-hydrogen) atoms. The fourth-order valence-corrected chi connectivity index (χ4v) is 3.48. The van der Waals surface area contributed by atoms with Gasteiger partial charge in [0.15, 0.2) is 0 Å². The summed E-state index contributed by atoms with van der Waals surface area (Å²) in [6, 6.07) is 29.8. The van der Waals surface area contributed by atoms with Gasteiger partial charge in [0, 0.05) is 0 Å². The van der Waals surface area contributed by atoms with Crippen LogP contribution in [-0.4, -0.2) is 0 Å². The smallest absolute Gasteiger partial charge is 0.124 e. The Bertz CT molecular complexity index is 764. The van der Waals surface area contributed by atoms with Crippen molar-refractivity contribution in [2.24, 2.45) is 0 Å². The lowest BCUT2D eigenvalue weighted by Gasteiger charge is -2.32. The summed E-state index contributed by atoms with van der Waals surface area (Å²) < 4.78 is 6.29. The van der Waals surface area contributed by atoms with Crippen LogP contribution in [0.25, 0.3) is 0 Å². The van der Waals surface area contributed by atoms with Crippen LogP contribution in [-0.2, 0) is 6.42 Å². The van der Waals surface area contributed by atoms with Crippen LogP contribution in [0.5, 0.6) is 5.75 Å². The first-order chi connectivity index (χ1) is 11.4. The van der Waals surface area contributed by atoms with Crippen molar-refractivity contribution in [1.82, 2.24) is 0 Å². The lowest BCUT2D eigenvalue weighted by atomic mass is 9.83. The van der Waals surface area contributed by atoms with E-state index in [-0.39, 0.29) is 6.10 Å². The first kappa shape index (κ1) is 14.1. The number of hydrogen-bond acceptors (Lipinski definition) is 1. The Morgan fingerprint density at radius 1 is 0.739 bits per heavy atom. The molecule has 0 saturated carbocycles. The van der Waals surface area contributed by atoms with Gasteiger partial charge in [-0.15, -0.1) is 0 Å². The monoisotopic (exact) mass is 300 g/mol. The topological polar surface area (TPSA) is 9.23 Å². The normalized spacial score (nSPS) is 19.7. The van der Waals surface area contributed by atoms with Crippen molar-refractivity contribution in [3.63, 3.8) is 0 Å². The molecule has 114 valence electrons. The van der Waals surface area contributed by atoms with Crippen LogP contribution in [0.15, 0.2) is 84.9 Å². The highest BCUT2D eigenvalue weighted by atomic mass is 16.5. The predicted octanol–water partition coefficient (Wildman–Crippen LogP) is 5.54. The van der Waals surface area contributed by atoms with Crippen molar-refractivity contribution in [3.05, 3.63) is 102 Å². The summed E-state index contributed by atoms with van der Waals surface area (Å²) in [5, 5.41) is 0. The Kier molecular flexibility index (Phi) is 3.85. The second-order valence-electron chi connectivity index (χ2n) is 6.18. The molecule has 0 fully saturated rings. The van der Waals surface area contributed by atoms with Gasteiger partial charge in [-0.05, 0) is 41.5 Å². The minimum atomic E-state index is 0.139. The molecule has 3 aromatic rings. The number of ether oxygens (including phenoxy) is 1. The highest BCUT2D eigenvalue weighted by Crippen LogP contribution is 2.43. The fourth-order valence-electron chi connectivity index (χ4n) is 3.48. The first-order valence-electron chi connectivity index (χ1n) is 8.24. The van der Waals surface area contributed by atoms with Crippen molar-refractivity contribution in [2.45, 2.75) is 24.9 Å². The van der Waals surface area contributed by atoms with E-state index < -0.39 is 0 Å². The van der Waals surface area contributed by atoms with Crippen molar-refractivity contribution in [1.29, 1.82) is 0 Å². The molecule has 1 heteroatoms. The van der Waals surface area contributed by atoms with Gasteiger partial charge in [0.2, 0.25) is 0 Å². The molecule has 0 bridgehead atoms. The van der Waals surface area contributed by atoms with Crippen LogP contribution in [0.2, 0.25) is 0 Å². The van der Waals surface area contributed by atoms with Gasteiger partial charge in [0.05, 0.1) is 0 Å². The Hall–Kier alpha value is -2.54. The van der Waals surface area contributed by atoms with Gasteiger partial charge in [0.1, 0.15) is 11.9 Å². The summed E-state index contributed by atoms with van der Waals surface area (Å²) >= 11 is 0. The quantitative estimate of drug-likeness (QED) is 0.617. The van der Waals surface area contributed by atoms with Crippen LogP contribution in [0.1, 0.15) is 35.1 Å². The molecule has 0 spiro atoms. The maximum absolute atomic E-state index is 6.29. The van der Waals surface area contributed by atoms with E-state index in [1.807, 2.05) is 0 Å². The molecule has 1 aliphatic rings. The van der Waals surface area contributed by atoms with Crippen molar-refractivity contribution < 1.29 is 4.74 Å². The highest BCUT2D eigenvalue weighted by molar-refractivity contribution is 5.40. The second-order valence-corrected chi connectivity index (χ2v) is 6.18. The molecule has 1 aliphatic heterocycles. The Labute approximate surface area is 137 Å². The minimum absolute atomic E-state index is 0.139. The van der Waals surface area contributed by atoms with Crippen molar-refractivity contribution in [2.75, 3.05) is 0 Å². The molecular weight excluding hydrogens is 280 g/mol. The van der Waals surface area contributed by atoms with Gasteiger partial charge in [-0.2, -0.15) is 0 Å². The first-order valence-corrected chi connectivity index (χ1v) is 8.24. The Balaban J connectivity index is 1.67. The third-order valence-electron chi connectivity index (χ3n) is 4.62. The summed E-state index contributed by atoms with van der Waals surface area (Å²) in [5.41, 5.74) is 3.99. The van der Waals surface area contributed by atoms with E-state index in [9.17, 15) is 0 Å². The lowest BCUT2D eigenvalue weighted by Crippen LogP contribution is -2.20. The van der Waals surface area contributed by atoms with Gasteiger partial charge < -0.3 is 4.74 Å². The highest BCUT2D eigenvalue weighted by Gasteiger charge is 2.29. The average molecular weight is 300 g/mol.